The molecule has 0 N–H and O–H groups in total. The van der Waals surface area contributed by atoms with Gasteiger partial charge in [-0.3, -0.25) is 0 Å². The summed E-state index contributed by atoms with van der Waals surface area (Å²) in [6.45, 7) is 7.04. The largest absolute Gasteiger partial charge is 0.463 e. The van der Waals surface area contributed by atoms with Crippen LogP contribution in [0.4, 0.5) is 0 Å². The lowest BCUT2D eigenvalue weighted by atomic mass is 9.77. The maximum Gasteiger partial charge on any atom is 0.363 e. The third-order valence-electron chi connectivity index (χ3n) is 4.56. The van der Waals surface area contributed by atoms with Gasteiger partial charge in [0.1, 0.15) is 0 Å². The molecule has 0 bridgehead atoms. The Hall–Kier alpha value is -3.15. The van der Waals surface area contributed by atoms with Crippen LogP contribution in [-0.2, 0) is 28.6 Å². The highest BCUT2D eigenvalue weighted by atomic mass is 16.6. The first-order valence-corrected chi connectivity index (χ1v) is 8.71. The highest BCUT2D eigenvalue weighted by Gasteiger charge is 2.65. The summed E-state index contributed by atoms with van der Waals surface area (Å²) in [5.74, 6) is -3.80. The van der Waals surface area contributed by atoms with E-state index < -0.39 is 29.4 Å². The molecule has 0 unspecified atom stereocenters. The molecule has 2 aromatic rings. The summed E-state index contributed by atoms with van der Waals surface area (Å²) in [4.78, 5) is 38.1. The molecule has 3 rings (SSSR count). The van der Waals surface area contributed by atoms with E-state index in [1.54, 1.807) is 26.0 Å². The number of carbonyl (C=O) groups excluding carboxylic acids is 3. The summed E-state index contributed by atoms with van der Waals surface area (Å²) in [6, 6.07) is 12.9. The summed E-state index contributed by atoms with van der Waals surface area (Å²) in [5, 5.41) is 1.67. The lowest BCUT2D eigenvalue weighted by molar-refractivity contribution is -0.190. The van der Waals surface area contributed by atoms with E-state index in [1.165, 1.54) is 0 Å². The van der Waals surface area contributed by atoms with Crippen LogP contribution in [0.15, 0.2) is 54.6 Å². The fraction of sp³-hybridized carbons (Fsp3) is 0.286. The summed E-state index contributed by atoms with van der Waals surface area (Å²) in [7, 11) is 0. The molecule has 0 radical (unpaired) electrons. The monoisotopic (exact) mass is 368 g/mol. The average molecular weight is 368 g/mol. The van der Waals surface area contributed by atoms with Gasteiger partial charge in [0.2, 0.25) is 0 Å². The van der Waals surface area contributed by atoms with Crippen molar-refractivity contribution in [2.75, 3.05) is 13.2 Å². The zero-order valence-electron chi connectivity index (χ0n) is 15.2. The van der Waals surface area contributed by atoms with E-state index in [0.717, 1.165) is 10.8 Å². The number of fused-ring (bicyclic) bond motifs is 1. The van der Waals surface area contributed by atoms with Gasteiger partial charge < -0.3 is 14.2 Å². The molecule has 0 saturated carbocycles. The standard InChI is InChI=1S/C21H20O6/c1-4-25-19(23)21(20(24)26-5-2)17(13(3)18(22)27-21)16-12-8-10-14-9-6-7-11-15(14)16/h6-12,17H,3-5H2,1-2H3/t17-/m1/s1. The highest BCUT2D eigenvalue weighted by molar-refractivity contribution is 6.13. The fourth-order valence-electron chi connectivity index (χ4n) is 3.42. The zero-order valence-corrected chi connectivity index (χ0v) is 15.2. The van der Waals surface area contributed by atoms with Crippen LogP contribution in [-0.4, -0.2) is 36.7 Å². The predicted octanol–water partition coefficient (Wildman–Crippen LogP) is 2.90. The lowest BCUT2D eigenvalue weighted by Gasteiger charge is -2.29. The molecule has 0 amide bonds. The van der Waals surface area contributed by atoms with Crippen molar-refractivity contribution in [3.63, 3.8) is 0 Å². The van der Waals surface area contributed by atoms with Gasteiger partial charge in [0, 0.05) is 5.57 Å². The molecule has 1 atom stereocenters. The van der Waals surface area contributed by atoms with Gasteiger partial charge in [-0.15, -0.1) is 0 Å². The van der Waals surface area contributed by atoms with Crippen LogP contribution in [0.1, 0.15) is 25.3 Å². The van der Waals surface area contributed by atoms with E-state index >= 15 is 0 Å². The van der Waals surface area contributed by atoms with Gasteiger partial charge in [0.15, 0.2) is 0 Å². The van der Waals surface area contributed by atoms with Crippen LogP contribution in [0.25, 0.3) is 10.8 Å². The minimum absolute atomic E-state index is 0.00691. The molecule has 6 nitrogen and oxygen atoms in total. The molecule has 0 aliphatic carbocycles. The molecular formula is C21H20O6. The quantitative estimate of drug-likeness (QED) is 0.349. The van der Waals surface area contributed by atoms with Crippen LogP contribution in [0, 0.1) is 0 Å². The van der Waals surface area contributed by atoms with Crippen LogP contribution < -0.4 is 0 Å². The Morgan fingerprint density at radius 3 is 2.26 bits per heavy atom. The van der Waals surface area contributed by atoms with E-state index in [2.05, 4.69) is 6.58 Å². The molecule has 140 valence electrons. The number of carbonyl (C=O) groups is 3. The van der Waals surface area contributed by atoms with Gasteiger partial charge >= 0.3 is 23.5 Å². The highest BCUT2D eigenvalue weighted by Crippen LogP contribution is 2.47. The maximum atomic E-state index is 12.9. The molecule has 2 aromatic carbocycles. The van der Waals surface area contributed by atoms with Gasteiger partial charge in [0.05, 0.1) is 19.1 Å². The van der Waals surface area contributed by atoms with Crippen molar-refractivity contribution in [3.05, 3.63) is 60.2 Å². The van der Waals surface area contributed by atoms with Crippen molar-refractivity contribution in [2.45, 2.75) is 25.4 Å². The molecular weight excluding hydrogens is 348 g/mol. The number of rotatable bonds is 5. The Morgan fingerprint density at radius 2 is 1.63 bits per heavy atom. The van der Waals surface area contributed by atoms with E-state index in [1.807, 2.05) is 30.3 Å². The first-order chi connectivity index (χ1) is 13.0. The van der Waals surface area contributed by atoms with Gasteiger partial charge in [-0.1, -0.05) is 49.0 Å². The Morgan fingerprint density at radius 1 is 1.04 bits per heavy atom. The molecule has 1 aliphatic heterocycles. The fourth-order valence-corrected chi connectivity index (χ4v) is 3.42. The van der Waals surface area contributed by atoms with E-state index in [4.69, 9.17) is 14.2 Å². The minimum Gasteiger partial charge on any atom is -0.463 e. The summed E-state index contributed by atoms with van der Waals surface area (Å²) >= 11 is 0. The van der Waals surface area contributed by atoms with Gasteiger partial charge in [-0.05, 0) is 30.2 Å². The first kappa shape index (κ1) is 18.6. The smallest absolute Gasteiger partial charge is 0.363 e. The van der Waals surface area contributed by atoms with Crippen LogP contribution in [0.5, 0.6) is 0 Å². The van der Waals surface area contributed by atoms with Crippen molar-refractivity contribution < 1.29 is 28.6 Å². The van der Waals surface area contributed by atoms with Gasteiger partial charge in [-0.25, -0.2) is 14.4 Å². The molecule has 1 heterocycles. The second kappa shape index (κ2) is 7.23. The number of cyclic esters (lactones) is 1. The zero-order chi connectivity index (χ0) is 19.6. The van der Waals surface area contributed by atoms with Crippen LogP contribution in [0.2, 0.25) is 0 Å². The normalized spacial score (nSPS) is 18.2. The third kappa shape index (κ3) is 2.87. The van der Waals surface area contributed by atoms with E-state index in [-0.39, 0.29) is 18.8 Å². The Bertz CT molecular complexity index is 906. The summed E-state index contributed by atoms with van der Waals surface area (Å²) in [6.07, 6.45) is 0. The number of esters is 3. The lowest BCUT2D eigenvalue weighted by Crippen LogP contribution is -2.52. The molecule has 6 heteroatoms. The van der Waals surface area contributed by atoms with Crippen molar-refractivity contribution >= 4 is 28.7 Å². The third-order valence-corrected chi connectivity index (χ3v) is 4.56. The average Bonchev–Trinajstić information content (AvgIpc) is 2.94. The molecule has 0 aromatic heterocycles. The van der Waals surface area contributed by atoms with Crippen molar-refractivity contribution in [3.8, 4) is 0 Å². The van der Waals surface area contributed by atoms with Crippen molar-refractivity contribution in [1.82, 2.24) is 0 Å². The Labute approximate surface area is 156 Å². The van der Waals surface area contributed by atoms with E-state index in [0.29, 0.717) is 5.56 Å². The number of hydrogen-bond acceptors (Lipinski definition) is 6. The summed E-state index contributed by atoms with van der Waals surface area (Å²) in [5.41, 5.74) is -1.66. The van der Waals surface area contributed by atoms with Crippen molar-refractivity contribution in [1.29, 1.82) is 0 Å². The second-order valence-corrected chi connectivity index (χ2v) is 6.09. The predicted molar refractivity (Wildman–Crippen MR) is 97.9 cm³/mol. The Kier molecular flexibility index (Phi) is 4.99. The number of benzene rings is 2. The molecule has 1 fully saturated rings. The molecule has 1 saturated heterocycles. The molecule has 1 aliphatic rings. The van der Waals surface area contributed by atoms with Gasteiger partial charge in [-0.2, -0.15) is 0 Å². The molecule has 27 heavy (non-hydrogen) atoms. The second-order valence-electron chi connectivity index (χ2n) is 6.09. The summed E-state index contributed by atoms with van der Waals surface area (Å²) < 4.78 is 15.5. The van der Waals surface area contributed by atoms with E-state index in [9.17, 15) is 14.4 Å². The van der Waals surface area contributed by atoms with Crippen LogP contribution >= 0.6 is 0 Å². The van der Waals surface area contributed by atoms with Crippen molar-refractivity contribution in [2.24, 2.45) is 0 Å². The maximum absolute atomic E-state index is 12.9. The van der Waals surface area contributed by atoms with Crippen LogP contribution in [0.3, 0.4) is 0 Å². The number of ether oxygens (including phenoxy) is 3. The Balaban J connectivity index is 2.28. The van der Waals surface area contributed by atoms with Gasteiger partial charge in [0.25, 0.3) is 0 Å². The first-order valence-electron chi connectivity index (χ1n) is 8.71. The topological polar surface area (TPSA) is 78.9 Å². The SMILES string of the molecule is C=C1C(=O)OC(C(=O)OCC)(C(=O)OCC)[C@H]1c1cccc2ccccc12. The number of hydrogen-bond donors (Lipinski definition) is 0. The minimum atomic E-state index is -2.25. The molecule has 0 spiro atoms.